The maximum Gasteiger partial charge on any atom is 0.558 e. The van der Waals surface area contributed by atoms with Gasteiger partial charge >= 0.3 is 33.5 Å². The summed E-state index contributed by atoms with van der Waals surface area (Å²) in [6.07, 6.45) is -1.53. The van der Waals surface area contributed by atoms with Gasteiger partial charge in [-0.1, -0.05) is 12.1 Å². The topological polar surface area (TPSA) is 172 Å². The Kier molecular flexibility index (Phi) is 9.60. The van der Waals surface area contributed by atoms with Crippen molar-refractivity contribution in [3.8, 4) is 0 Å². The van der Waals surface area contributed by atoms with Crippen LogP contribution in [0.5, 0.6) is 0 Å². The normalized spacial score (nSPS) is 18.9. The zero-order valence-corrected chi connectivity index (χ0v) is 23.2. The number of hydrogen-bond acceptors (Lipinski definition) is 9. The number of nitrogens with one attached hydrogen (secondary N) is 2. The van der Waals surface area contributed by atoms with Crippen LogP contribution in [-0.2, 0) is 15.7 Å². The molecule has 0 radical (unpaired) electrons. The Bertz CT molecular complexity index is 1210. The van der Waals surface area contributed by atoms with Gasteiger partial charge in [-0.2, -0.15) is 31.3 Å². The first-order valence-corrected chi connectivity index (χ1v) is 16.1. The predicted octanol–water partition coefficient (Wildman–Crippen LogP) is 2.87. The molecule has 4 rings (SSSR count). The number of carbonyl (C=O) groups excluding carboxylic acids is 2. The molecule has 2 aliphatic heterocycles. The van der Waals surface area contributed by atoms with Gasteiger partial charge in [0.05, 0.1) is 30.9 Å². The highest BCUT2D eigenvalue weighted by molar-refractivity contribution is 7.99. The fraction of sp³-hybridized carbons (Fsp3) is 0.391. The molecule has 0 bridgehead atoms. The maximum absolute atomic E-state index is 14.8. The number of ether oxygens (including phenoxy) is 1. The molecule has 2 aromatic carbocycles. The summed E-state index contributed by atoms with van der Waals surface area (Å²) >= 11 is 1.83. The van der Waals surface area contributed by atoms with Crippen LogP contribution in [0, 0.1) is 5.82 Å². The van der Waals surface area contributed by atoms with Gasteiger partial charge in [-0.3, -0.25) is 4.90 Å². The lowest BCUT2D eigenvalue weighted by atomic mass is 10.1. The van der Waals surface area contributed by atoms with Gasteiger partial charge in [-0.25, -0.2) is 14.0 Å². The fourth-order valence-electron chi connectivity index (χ4n) is 4.21. The Balaban J connectivity index is 1.27. The summed E-state index contributed by atoms with van der Waals surface area (Å²) in [6.45, 7) is 1.67. The second kappa shape index (κ2) is 12.7. The Morgan fingerprint density at radius 1 is 1.18 bits per heavy atom. The minimum Gasteiger partial charge on any atom is -0.442 e. The van der Waals surface area contributed by atoms with Gasteiger partial charge in [0, 0.05) is 30.3 Å². The largest absolute Gasteiger partial charge is 0.558 e. The van der Waals surface area contributed by atoms with E-state index in [1.165, 1.54) is 35.2 Å². The average Bonchev–Trinajstić information content (AvgIpc) is 3.27. The number of urea groups is 1. The van der Waals surface area contributed by atoms with Gasteiger partial charge in [0.1, 0.15) is 11.9 Å². The molecule has 2 aromatic rings. The van der Waals surface area contributed by atoms with E-state index in [9.17, 15) is 38.1 Å². The molecule has 0 aromatic heterocycles. The monoisotopic (exact) mass is 602 g/mol. The molecule has 3 atom stereocenters. The van der Waals surface area contributed by atoms with Crippen LogP contribution < -0.4 is 20.4 Å². The first-order valence-electron chi connectivity index (χ1n) is 12.0. The summed E-state index contributed by atoms with van der Waals surface area (Å²) in [6, 6.07) is 10.1. The van der Waals surface area contributed by atoms with Crippen molar-refractivity contribution in [2.45, 2.75) is 17.9 Å². The SMILES string of the molecule is O=C(NC[C@H]1CN(c2ccc(N3CCSCC3)c(F)c2)C(=O)O1)Nc1ccc(CC([P+](=O)O)[P+](O)(O)O)cc1. The molecule has 2 saturated heterocycles. The summed E-state index contributed by atoms with van der Waals surface area (Å²) in [7, 11) is -7.54. The number of amides is 3. The first-order chi connectivity index (χ1) is 18.5. The number of hydrogen-bond donors (Lipinski definition) is 6. The van der Waals surface area contributed by atoms with Crippen LogP contribution in [0.4, 0.5) is 31.0 Å². The quantitative estimate of drug-likeness (QED) is 0.235. The third-order valence-corrected chi connectivity index (χ3v) is 10.4. The van der Waals surface area contributed by atoms with Crippen molar-refractivity contribution in [1.29, 1.82) is 0 Å². The molecular formula is C23H29FN4O8P2S+2. The number of cyclic esters (lactones) is 1. The van der Waals surface area contributed by atoms with E-state index in [1.54, 1.807) is 12.1 Å². The number of nitrogens with zero attached hydrogens (tertiary/aromatic N) is 2. The molecule has 0 aliphatic carbocycles. The second-order valence-electron chi connectivity index (χ2n) is 8.99. The summed E-state index contributed by atoms with van der Waals surface area (Å²) in [4.78, 5) is 65.3. The van der Waals surface area contributed by atoms with Crippen LogP contribution in [0.2, 0.25) is 0 Å². The molecule has 0 spiro atoms. The molecule has 2 heterocycles. The van der Waals surface area contributed by atoms with Gasteiger partial charge in [0.2, 0.25) is 0 Å². The smallest absolute Gasteiger partial charge is 0.442 e. The molecule has 2 fully saturated rings. The fourth-order valence-corrected chi connectivity index (χ4v) is 7.00. The maximum atomic E-state index is 14.8. The van der Waals surface area contributed by atoms with Crippen LogP contribution in [0.1, 0.15) is 5.56 Å². The molecule has 16 heteroatoms. The van der Waals surface area contributed by atoms with E-state index >= 15 is 0 Å². The van der Waals surface area contributed by atoms with Crippen molar-refractivity contribution in [3.05, 3.63) is 53.8 Å². The van der Waals surface area contributed by atoms with Crippen molar-refractivity contribution in [1.82, 2.24) is 5.32 Å². The van der Waals surface area contributed by atoms with Gasteiger partial charge in [-0.05, 0) is 40.5 Å². The van der Waals surface area contributed by atoms with E-state index < -0.39 is 45.4 Å². The summed E-state index contributed by atoms with van der Waals surface area (Å²) in [5.74, 6) is 1.46. The van der Waals surface area contributed by atoms with Gasteiger partial charge in [0.15, 0.2) is 0 Å². The molecule has 0 saturated carbocycles. The van der Waals surface area contributed by atoms with E-state index in [1.807, 2.05) is 16.7 Å². The highest BCUT2D eigenvalue weighted by Gasteiger charge is 2.56. The Labute approximate surface area is 229 Å². The number of anilines is 3. The molecule has 210 valence electrons. The van der Waals surface area contributed by atoms with Crippen LogP contribution in [0.3, 0.4) is 0 Å². The lowest BCUT2D eigenvalue weighted by Crippen LogP contribution is -2.37. The van der Waals surface area contributed by atoms with E-state index in [2.05, 4.69) is 10.6 Å². The Morgan fingerprint density at radius 2 is 1.87 bits per heavy atom. The highest BCUT2D eigenvalue weighted by atomic mass is 32.2. The third kappa shape index (κ3) is 7.76. The number of halogens is 1. The molecule has 2 aliphatic rings. The third-order valence-electron chi connectivity index (χ3n) is 6.24. The predicted molar refractivity (Wildman–Crippen MR) is 148 cm³/mol. The lowest BCUT2D eigenvalue weighted by molar-refractivity contribution is 0.141. The van der Waals surface area contributed by atoms with Crippen LogP contribution >= 0.6 is 27.7 Å². The van der Waals surface area contributed by atoms with Crippen molar-refractivity contribution in [2.24, 2.45) is 0 Å². The van der Waals surface area contributed by atoms with Gasteiger partial charge < -0.3 is 20.3 Å². The standard InChI is InChI=1S/C23H27FN4O8P2S/c24-19-12-17(5-6-20(19)27-7-9-39-10-8-27)28-14-18(36-23(28)30)13-25-22(29)26-16-3-1-15(2-4-16)11-21(37(31)32)38(33,34)35/h1-6,12,18,21,33-35H,7-11,13-14H2,(H-2,25,26,29,31,32)/p+2/t18-,21?/m0/s1. The number of carbonyl (C=O) groups is 2. The zero-order chi connectivity index (χ0) is 28.2. The zero-order valence-electron chi connectivity index (χ0n) is 20.6. The lowest BCUT2D eigenvalue weighted by Gasteiger charge is -2.29. The summed E-state index contributed by atoms with van der Waals surface area (Å²) in [5.41, 5.74) is 1.70. The number of rotatable bonds is 9. The molecule has 6 N–H and O–H groups in total. The van der Waals surface area contributed by atoms with Crippen molar-refractivity contribution < 1.29 is 42.9 Å². The van der Waals surface area contributed by atoms with E-state index in [-0.39, 0.29) is 19.5 Å². The molecule has 3 amide bonds. The number of thioether (sulfide) groups is 1. The molecular weight excluding hydrogens is 573 g/mol. The van der Waals surface area contributed by atoms with Gasteiger partial charge in [-0.15, -0.1) is 0 Å². The molecule has 39 heavy (non-hydrogen) atoms. The van der Waals surface area contributed by atoms with Crippen LogP contribution in [-0.4, -0.2) is 80.9 Å². The van der Waals surface area contributed by atoms with Crippen molar-refractivity contribution in [2.75, 3.05) is 52.8 Å². The van der Waals surface area contributed by atoms with Crippen LogP contribution in [0.15, 0.2) is 42.5 Å². The second-order valence-corrected chi connectivity index (χ2v) is 13.7. The van der Waals surface area contributed by atoms with Crippen molar-refractivity contribution >= 4 is 56.9 Å². The average molecular weight is 603 g/mol. The minimum atomic E-state index is -4.51. The van der Waals surface area contributed by atoms with Crippen molar-refractivity contribution in [3.63, 3.8) is 0 Å². The number of benzene rings is 2. The highest BCUT2D eigenvalue weighted by Crippen LogP contribution is 2.59. The summed E-state index contributed by atoms with van der Waals surface area (Å²) in [5, 5.41) is 3.59. The van der Waals surface area contributed by atoms with Crippen LogP contribution in [0.25, 0.3) is 0 Å². The minimum absolute atomic E-state index is 0.0126. The first kappa shape index (κ1) is 29.4. The Hall–Kier alpha value is -2.57. The van der Waals surface area contributed by atoms with E-state index in [4.69, 9.17) is 4.74 Å². The Morgan fingerprint density at radius 3 is 2.49 bits per heavy atom. The van der Waals surface area contributed by atoms with Gasteiger partial charge in [0.25, 0.3) is 0 Å². The molecule has 2 unspecified atom stereocenters. The van der Waals surface area contributed by atoms with E-state index in [0.29, 0.717) is 22.6 Å². The summed E-state index contributed by atoms with van der Waals surface area (Å²) < 4.78 is 31.5. The molecule has 12 nitrogen and oxygen atoms in total. The van der Waals surface area contributed by atoms with E-state index in [0.717, 1.165) is 24.6 Å².